The third-order valence-electron chi connectivity index (χ3n) is 3.22. The highest BCUT2D eigenvalue weighted by atomic mass is 16.1. The zero-order chi connectivity index (χ0) is 14.6. The van der Waals surface area contributed by atoms with Gasteiger partial charge in [0, 0.05) is 12.0 Å². The van der Waals surface area contributed by atoms with Gasteiger partial charge in [-0.2, -0.15) is 0 Å². The van der Waals surface area contributed by atoms with Crippen molar-refractivity contribution in [3.63, 3.8) is 0 Å². The highest BCUT2D eigenvalue weighted by Crippen LogP contribution is 2.22. The van der Waals surface area contributed by atoms with Crippen molar-refractivity contribution in [1.82, 2.24) is 0 Å². The van der Waals surface area contributed by atoms with E-state index in [1.165, 1.54) is 11.1 Å². The van der Waals surface area contributed by atoms with Crippen molar-refractivity contribution in [3.05, 3.63) is 71.3 Å². The van der Waals surface area contributed by atoms with Crippen molar-refractivity contribution in [2.75, 3.05) is 0 Å². The first kappa shape index (κ1) is 14.5. The summed E-state index contributed by atoms with van der Waals surface area (Å²) >= 11 is 0. The van der Waals surface area contributed by atoms with E-state index in [-0.39, 0.29) is 11.2 Å². The van der Waals surface area contributed by atoms with Gasteiger partial charge in [0.05, 0.1) is 0 Å². The zero-order valence-corrected chi connectivity index (χ0v) is 12.5. The Morgan fingerprint density at radius 2 is 1.40 bits per heavy atom. The van der Waals surface area contributed by atoms with Gasteiger partial charge in [0.1, 0.15) is 0 Å². The van der Waals surface area contributed by atoms with Crippen LogP contribution in [0.2, 0.25) is 0 Å². The van der Waals surface area contributed by atoms with Crippen LogP contribution in [0, 0.1) is 5.41 Å². The molecule has 0 N–H and O–H groups in total. The molecule has 0 unspecified atom stereocenters. The fourth-order valence-corrected chi connectivity index (χ4v) is 2.22. The van der Waals surface area contributed by atoms with E-state index in [4.69, 9.17) is 0 Å². The highest BCUT2D eigenvalue weighted by molar-refractivity contribution is 5.96. The summed E-state index contributed by atoms with van der Waals surface area (Å²) in [6.07, 6.45) is 1.50. The maximum atomic E-state index is 12.1. The van der Waals surface area contributed by atoms with Crippen LogP contribution in [-0.2, 0) is 6.42 Å². The fourth-order valence-electron chi connectivity index (χ4n) is 2.22. The molecule has 0 aliphatic carbocycles. The quantitative estimate of drug-likeness (QED) is 0.720. The lowest BCUT2D eigenvalue weighted by Crippen LogP contribution is -2.13. The topological polar surface area (TPSA) is 17.1 Å². The van der Waals surface area contributed by atoms with Crippen LogP contribution in [0.3, 0.4) is 0 Å². The number of carbonyl (C=O) groups is 1. The van der Waals surface area contributed by atoms with Crippen LogP contribution in [0.4, 0.5) is 0 Å². The van der Waals surface area contributed by atoms with Crippen LogP contribution in [-0.4, -0.2) is 5.78 Å². The van der Waals surface area contributed by atoms with Gasteiger partial charge < -0.3 is 0 Å². The number of Topliss-reactive ketones (excluding diaryl/α,β-unsaturated/α-hetero) is 1. The highest BCUT2D eigenvalue weighted by Gasteiger charge is 2.17. The molecular weight excluding hydrogens is 244 g/mol. The Kier molecular flexibility index (Phi) is 4.39. The van der Waals surface area contributed by atoms with Gasteiger partial charge in [-0.25, -0.2) is 0 Å². The van der Waals surface area contributed by atoms with E-state index >= 15 is 0 Å². The second-order valence-electron chi connectivity index (χ2n) is 6.52. The number of benzene rings is 2. The van der Waals surface area contributed by atoms with Crippen molar-refractivity contribution in [2.24, 2.45) is 5.41 Å². The number of carbonyl (C=O) groups excluding carboxylic acids is 1. The third-order valence-corrected chi connectivity index (χ3v) is 3.22. The van der Waals surface area contributed by atoms with Crippen LogP contribution in [0.25, 0.3) is 0 Å². The van der Waals surface area contributed by atoms with Crippen LogP contribution in [0.1, 0.15) is 48.7 Å². The Balaban J connectivity index is 2.05. The Hall–Kier alpha value is -1.89. The maximum absolute atomic E-state index is 12.1. The van der Waals surface area contributed by atoms with E-state index in [1.807, 2.05) is 18.2 Å². The van der Waals surface area contributed by atoms with Crippen molar-refractivity contribution in [1.29, 1.82) is 0 Å². The molecule has 2 aromatic carbocycles. The van der Waals surface area contributed by atoms with Crippen LogP contribution in [0.5, 0.6) is 0 Å². The predicted molar refractivity (Wildman–Crippen MR) is 84.1 cm³/mol. The monoisotopic (exact) mass is 266 g/mol. The first-order chi connectivity index (χ1) is 9.44. The molecule has 0 spiro atoms. The standard InChI is InChI=1S/C19H22O/c1-19(2,3)14-18(20)17-11-9-16(10-12-17)13-15-7-5-4-6-8-15/h4-12H,13-14H2,1-3H3. The number of hydrogen-bond acceptors (Lipinski definition) is 1. The van der Waals surface area contributed by atoms with Crippen LogP contribution in [0.15, 0.2) is 54.6 Å². The molecule has 2 aromatic rings. The SMILES string of the molecule is CC(C)(C)CC(=O)c1ccc(Cc2ccccc2)cc1. The molecule has 0 saturated heterocycles. The van der Waals surface area contributed by atoms with Crippen molar-refractivity contribution < 1.29 is 4.79 Å². The molecule has 0 amide bonds. The lowest BCUT2D eigenvalue weighted by molar-refractivity contribution is 0.0940. The molecule has 104 valence electrons. The van der Waals surface area contributed by atoms with Gasteiger partial charge in [0.15, 0.2) is 5.78 Å². The van der Waals surface area contributed by atoms with Gasteiger partial charge in [-0.15, -0.1) is 0 Å². The molecule has 0 saturated carbocycles. The summed E-state index contributed by atoms with van der Waals surface area (Å²) < 4.78 is 0. The van der Waals surface area contributed by atoms with Gasteiger partial charge in [-0.05, 0) is 23.0 Å². The van der Waals surface area contributed by atoms with E-state index in [2.05, 4.69) is 57.2 Å². The summed E-state index contributed by atoms with van der Waals surface area (Å²) in [7, 11) is 0. The lowest BCUT2D eigenvalue weighted by Gasteiger charge is -2.16. The summed E-state index contributed by atoms with van der Waals surface area (Å²) in [5, 5.41) is 0. The average Bonchev–Trinajstić information content (AvgIpc) is 2.39. The predicted octanol–water partition coefficient (Wildman–Crippen LogP) is 4.90. The smallest absolute Gasteiger partial charge is 0.163 e. The number of hydrogen-bond donors (Lipinski definition) is 0. The molecule has 0 bridgehead atoms. The van der Waals surface area contributed by atoms with Gasteiger partial charge >= 0.3 is 0 Å². The zero-order valence-electron chi connectivity index (χ0n) is 12.5. The molecule has 1 nitrogen and oxygen atoms in total. The van der Waals surface area contributed by atoms with Gasteiger partial charge in [-0.3, -0.25) is 4.79 Å². The van der Waals surface area contributed by atoms with Gasteiger partial charge in [0.25, 0.3) is 0 Å². The molecule has 0 fully saturated rings. The van der Waals surface area contributed by atoms with Gasteiger partial charge in [0.2, 0.25) is 0 Å². The Morgan fingerprint density at radius 1 is 0.850 bits per heavy atom. The fraction of sp³-hybridized carbons (Fsp3) is 0.316. The van der Waals surface area contributed by atoms with Gasteiger partial charge in [-0.1, -0.05) is 75.4 Å². The maximum Gasteiger partial charge on any atom is 0.163 e. The Labute approximate surface area is 121 Å². The minimum Gasteiger partial charge on any atom is -0.294 e. The molecule has 0 radical (unpaired) electrons. The first-order valence-electron chi connectivity index (χ1n) is 7.10. The first-order valence-corrected chi connectivity index (χ1v) is 7.10. The number of rotatable bonds is 4. The Morgan fingerprint density at radius 3 is 1.95 bits per heavy atom. The molecule has 0 heterocycles. The minimum atomic E-state index is 0.0415. The summed E-state index contributed by atoms with van der Waals surface area (Å²) in [4.78, 5) is 12.1. The molecule has 20 heavy (non-hydrogen) atoms. The summed E-state index contributed by atoms with van der Waals surface area (Å²) in [6.45, 7) is 6.28. The normalized spacial score (nSPS) is 11.3. The van der Waals surface area contributed by atoms with E-state index in [0.29, 0.717) is 6.42 Å². The molecule has 0 atom stereocenters. The number of ketones is 1. The minimum absolute atomic E-state index is 0.0415. The molecular formula is C19H22O. The molecule has 0 aliphatic rings. The molecule has 1 heteroatoms. The van der Waals surface area contributed by atoms with E-state index in [1.54, 1.807) is 0 Å². The summed E-state index contributed by atoms with van der Waals surface area (Å²) in [6, 6.07) is 18.4. The van der Waals surface area contributed by atoms with Crippen molar-refractivity contribution in [3.8, 4) is 0 Å². The summed E-state index contributed by atoms with van der Waals surface area (Å²) in [5.41, 5.74) is 3.39. The van der Waals surface area contributed by atoms with Crippen molar-refractivity contribution >= 4 is 5.78 Å². The average molecular weight is 266 g/mol. The van der Waals surface area contributed by atoms with Crippen LogP contribution < -0.4 is 0 Å². The van der Waals surface area contributed by atoms with E-state index < -0.39 is 0 Å². The van der Waals surface area contributed by atoms with E-state index in [9.17, 15) is 4.79 Å². The largest absolute Gasteiger partial charge is 0.294 e. The second-order valence-corrected chi connectivity index (χ2v) is 6.52. The second kappa shape index (κ2) is 6.04. The molecule has 0 aliphatic heterocycles. The Bertz CT molecular complexity index is 559. The van der Waals surface area contributed by atoms with Crippen LogP contribution >= 0.6 is 0 Å². The molecule has 0 aromatic heterocycles. The third kappa shape index (κ3) is 4.34. The molecule has 2 rings (SSSR count). The summed E-state index contributed by atoms with van der Waals surface area (Å²) in [5.74, 6) is 0.226. The van der Waals surface area contributed by atoms with Crippen molar-refractivity contribution in [2.45, 2.75) is 33.6 Å². The van der Waals surface area contributed by atoms with E-state index in [0.717, 1.165) is 12.0 Å². The lowest BCUT2D eigenvalue weighted by atomic mass is 9.87.